The molecule has 2 aliphatic rings. The van der Waals surface area contributed by atoms with Crippen LogP contribution in [0.15, 0.2) is 23.1 Å². The van der Waals surface area contributed by atoms with Crippen LogP contribution in [0.1, 0.15) is 32.8 Å². The van der Waals surface area contributed by atoms with Gasteiger partial charge >= 0.3 is 124 Å². The SMILES string of the molecule is CC(C)(C)C1=[P+]=C(c2ccc3c(c2)NC(=O)CCS3)O1. The summed E-state index contributed by atoms with van der Waals surface area (Å²) in [6, 6.07) is 6.17. The number of hydrogen-bond acceptors (Lipinski definition) is 3. The molecule has 0 saturated heterocycles. The Morgan fingerprint density at radius 2 is 2.10 bits per heavy atom. The molecule has 5 heteroatoms. The zero-order valence-electron chi connectivity index (χ0n) is 11.8. The van der Waals surface area contributed by atoms with E-state index in [4.69, 9.17) is 4.74 Å². The number of carbonyl (C=O) groups excluding carboxylic acids is 1. The van der Waals surface area contributed by atoms with Crippen LogP contribution in [0.3, 0.4) is 0 Å². The van der Waals surface area contributed by atoms with Crippen molar-refractivity contribution in [2.24, 2.45) is 5.41 Å². The first-order valence-electron chi connectivity index (χ1n) is 6.64. The fourth-order valence-electron chi connectivity index (χ4n) is 1.99. The Kier molecular flexibility index (Phi) is 3.65. The van der Waals surface area contributed by atoms with Crippen LogP contribution < -0.4 is 5.32 Å². The predicted molar refractivity (Wildman–Crippen MR) is 87.0 cm³/mol. The molecule has 2 heterocycles. The minimum atomic E-state index is 0.0841. The Balaban J connectivity index is 1.95. The molecule has 0 fully saturated rings. The Hall–Kier alpha value is -0.830. The normalized spacial score (nSPS) is 18.6. The summed E-state index contributed by atoms with van der Waals surface area (Å²) in [7, 11) is 1.16. The van der Waals surface area contributed by atoms with Crippen LogP contribution in [0.4, 0.5) is 5.69 Å². The van der Waals surface area contributed by atoms with Crippen molar-refractivity contribution < 1.29 is 9.53 Å². The van der Waals surface area contributed by atoms with E-state index in [0.717, 1.165) is 40.7 Å². The maximum absolute atomic E-state index is 11.6. The van der Waals surface area contributed by atoms with Gasteiger partial charge in [0.25, 0.3) is 0 Å². The quantitative estimate of drug-likeness (QED) is 0.803. The number of rotatable bonds is 1. The van der Waals surface area contributed by atoms with Gasteiger partial charge in [-0.3, -0.25) is 0 Å². The fourth-order valence-corrected chi connectivity index (χ4v) is 3.86. The molecule has 0 unspecified atom stereocenters. The van der Waals surface area contributed by atoms with Crippen molar-refractivity contribution in [3.05, 3.63) is 23.8 Å². The molecular formula is C15H17NO2PS+. The van der Waals surface area contributed by atoms with Crippen LogP contribution in [0.25, 0.3) is 0 Å². The number of anilines is 1. The van der Waals surface area contributed by atoms with Gasteiger partial charge in [-0.2, -0.15) is 0 Å². The van der Waals surface area contributed by atoms with Gasteiger partial charge in [-0.05, 0) is 0 Å². The number of carbonyl (C=O) groups is 1. The molecule has 1 N–H and O–H groups in total. The van der Waals surface area contributed by atoms with Crippen LogP contribution >= 0.6 is 19.6 Å². The molecule has 104 valence electrons. The van der Waals surface area contributed by atoms with Crippen molar-refractivity contribution in [3.63, 3.8) is 0 Å². The standard InChI is InChI=1S/C15H16NO2PS/c1-15(2,3)14-18-13(19-14)9-4-5-11-10(8-9)16-12(17)6-7-20-11/h4-5,8H,6-7H2,1-3H3/p+1. The van der Waals surface area contributed by atoms with Gasteiger partial charge in [-0.25, -0.2) is 0 Å². The summed E-state index contributed by atoms with van der Waals surface area (Å²) in [5.41, 5.74) is 4.12. The summed E-state index contributed by atoms with van der Waals surface area (Å²) < 4.78 is 5.84. The molecule has 1 amide bonds. The first kappa shape index (κ1) is 14.1. The number of fused-ring (bicyclic) bond motifs is 1. The first-order chi connectivity index (χ1) is 9.43. The van der Waals surface area contributed by atoms with Crippen LogP contribution in [0.2, 0.25) is 0 Å². The van der Waals surface area contributed by atoms with Crippen molar-refractivity contribution >= 4 is 42.1 Å². The Labute approximate surface area is 124 Å². The van der Waals surface area contributed by atoms with Gasteiger partial charge in [0.15, 0.2) is 0 Å². The van der Waals surface area contributed by atoms with E-state index in [9.17, 15) is 4.79 Å². The van der Waals surface area contributed by atoms with Crippen LogP contribution in [0, 0.1) is 5.41 Å². The van der Waals surface area contributed by atoms with E-state index in [-0.39, 0.29) is 11.3 Å². The summed E-state index contributed by atoms with van der Waals surface area (Å²) in [4.78, 5) is 12.8. The molecule has 1 aromatic carbocycles. The molecule has 20 heavy (non-hydrogen) atoms. The van der Waals surface area contributed by atoms with Gasteiger partial charge in [0.05, 0.1) is 0 Å². The maximum atomic E-state index is 11.6. The van der Waals surface area contributed by atoms with E-state index in [1.54, 1.807) is 11.8 Å². The molecule has 0 atom stereocenters. The monoisotopic (exact) mass is 306 g/mol. The molecular weight excluding hydrogens is 289 g/mol. The number of hydrogen-bond donors (Lipinski definition) is 1. The van der Waals surface area contributed by atoms with E-state index in [2.05, 4.69) is 38.2 Å². The third kappa shape index (κ3) is 2.78. The number of thioether (sulfide) groups is 1. The van der Waals surface area contributed by atoms with E-state index < -0.39 is 0 Å². The third-order valence-electron chi connectivity index (χ3n) is 3.13. The molecule has 0 radical (unpaired) electrons. The minimum absolute atomic E-state index is 0.0841. The summed E-state index contributed by atoms with van der Waals surface area (Å²) in [6.45, 7) is 6.46. The van der Waals surface area contributed by atoms with E-state index >= 15 is 0 Å². The molecule has 2 aliphatic heterocycles. The molecule has 1 aromatic rings. The van der Waals surface area contributed by atoms with Crippen molar-refractivity contribution in [3.8, 4) is 0 Å². The van der Waals surface area contributed by atoms with Crippen LogP contribution in [0.5, 0.6) is 0 Å². The van der Waals surface area contributed by atoms with Crippen LogP contribution in [-0.4, -0.2) is 22.6 Å². The van der Waals surface area contributed by atoms with Gasteiger partial charge in [-0.1, -0.05) is 0 Å². The van der Waals surface area contributed by atoms with Gasteiger partial charge in [0.2, 0.25) is 0 Å². The van der Waals surface area contributed by atoms with Gasteiger partial charge in [0, 0.05) is 0 Å². The fraction of sp³-hybridized carbons (Fsp3) is 0.400. The number of benzene rings is 1. The topological polar surface area (TPSA) is 38.3 Å². The zero-order valence-corrected chi connectivity index (χ0v) is 13.5. The van der Waals surface area contributed by atoms with Crippen molar-refractivity contribution in [1.82, 2.24) is 0 Å². The predicted octanol–water partition coefficient (Wildman–Crippen LogP) is 3.75. The third-order valence-corrected chi connectivity index (χ3v) is 5.72. The summed E-state index contributed by atoms with van der Waals surface area (Å²) in [5.74, 6) is 0.929. The Morgan fingerprint density at radius 1 is 1.35 bits per heavy atom. The summed E-state index contributed by atoms with van der Waals surface area (Å²) >= 11 is 1.72. The summed E-state index contributed by atoms with van der Waals surface area (Å²) in [6.07, 6.45) is 0.571. The molecule has 0 spiro atoms. The van der Waals surface area contributed by atoms with E-state index in [1.807, 2.05) is 6.07 Å². The molecule has 0 aliphatic carbocycles. The second-order valence-corrected chi connectivity index (χ2v) is 8.10. The number of ether oxygens (including phenoxy) is 1. The number of nitrogens with one attached hydrogen (secondary N) is 1. The average Bonchev–Trinajstić information content (AvgIpc) is 2.45. The van der Waals surface area contributed by atoms with E-state index in [1.165, 1.54) is 0 Å². The summed E-state index contributed by atoms with van der Waals surface area (Å²) in [5, 5.41) is 2.97. The Morgan fingerprint density at radius 3 is 2.80 bits per heavy atom. The first-order valence-corrected chi connectivity index (χ1v) is 8.52. The second kappa shape index (κ2) is 5.18. The molecule has 3 rings (SSSR count). The average molecular weight is 306 g/mol. The van der Waals surface area contributed by atoms with Crippen molar-refractivity contribution in [2.45, 2.75) is 32.1 Å². The molecule has 0 aromatic heterocycles. The van der Waals surface area contributed by atoms with E-state index in [0.29, 0.717) is 6.42 Å². The van der Waals surface area contributed by atoms with Gasteiger partial charge in [-0.15, -0.1) is 0 Å². The zero-order chi connectivity index (χ0) is 14.3. The molecule has 3 nitrogen and oxygen atoms in total. The van der Waals surface area contributed by atoms with Crippen LogP contribution in [-0.2, 0) is 9.53 Å². The molecule has 0 saturated carbocycles. The van der Waals surface area contributed by atoms with Gasteiger partial charge in [0.1, 0.15) is 0 Å². The number of amides is 1. The molecule has 0 bridgehead atoms. The van der Waals surface area contributed by atoms with Gasteiger partial charge < -0.3 is 0 Å². The van der Waals surface area contributed by atoms with Crippen molar-refractivity contribution in [1.29, 1.82) is 0 Å². The second-order valence-electron chi connectivity index (χ2n) is 5.93. The van der Waals surface area contributed by atoms with Crippen molar-refractivity contribution in [2.75, 3.05) is 11.1 Å². The Bertz CT molecular complexity index is 654.